The molecule has 0 aliphatic rings. The molecule has 0 atom stereocenters. The maximum Gasteiger partial charge on any atom is 0.319 e. The highest BCUT2D eigenvalue weighted by molar-refractivity contribution is 9.10. The molecular formula is C12H11BrFN3OS. The second-order valence-electron chi connectivity index (χ2n) is 3.81. The molecule has 1 heterocycles. The predicted molar refractivity (Wildman–Crippen MR) is 76.8 cm³/mol. The van der Waals surface area contributed by atoms with E-state index in [1.165, 1.54) is 23.5 Å². The molecule has 0 saturated carbocycles. The van der Waals surface area contributed by atoms with Crippen LogP contribution < -0.4 is 10.6 Å². The maximum absolute atomic E-state index is 13.2. The molecule has 2 amide bonds. The van der Waals surface area contributed by atoms with E-state index >= 15 is 0 Å². The molecule has 1 aromatic heterocycles. The molecule has 2 aromatic rings. The van der Waals surface area contributed by atoms with E-state index in [2.05, 4.69) is 31.5 Å². The van der Waals surface area contributed by atoms with Crippen LogP contribution in [0.2, 0.25) is 0 Å². The van der Waals surface area contributed by atoms with Crippen LogP contribution in [0.1, 0.15) is 10.6 Å². The minimum atomic E-state index is -0.355. The van der Waals surface area contributed by atoms with Crippen molar-refractivity contribution in [1.82, 2.24) is 10.3 Å². The van der Waals surface area contributed by atoms with E-state index in [1.54, 1.807) is 13.1 Å². The third-order valence-corrected chi connectivity index (χ3v) is 3.79. The van der Waals surface area contributed by atoms with Gasteiger partial charge in [-0.1, -0.05) is 0 Å². The van der Waals surface area contributed by atoms with Gasteiger partial charge in [0, 0.05) is 17.3 Å². The monoisotopic (exact) mass is 343 g/mol. The van der Waals surface area contributed by atoms with E-state index in [1.807, 2.05) is 5.38 Å². The Morgan fingerprint density at radius 3 is 3.00 bits per heavy atom. The van der Waals surface area contributed by atoms with Gasteiger partial charge in [-0.25, -0.2) is 14.2 Å². The number of amides is 2. The van der Waals surface area contributed by atoms with Crippen LogP contribution in [0, 0.1) is 12.7 Å². The number of aromatic nitrogens is 1. The van der Waals surface area contributed by atoms with Crippen molar-refractivity contribution in [1.29, 1.82) is 0 Å². The number of nitrogens with one attached hydrogen (secondary N) is 2. The molecule has 100 valence electrons. The number of thiazole rings is 1. The quantitative estimate of drug-likeness (QED) is 0.893. The van der Waals surface area contributed by atoms with Gasteiger partial charge in [0.1, 0.15) is 10.8 Å². The van der Waals surface area contributed by atoms with E-state index in [0.29, 0.717) is 22.3 Å². The third kappa shape index (κ3) is 3.74. The zero-order chi connectivity index (χ0) is 13.8. The van der Waals surface area contributed by atoms with Crippen molar-refractivity contribution in [2.75, 3.05) is 5.32 Å². The highest BCUT2D eigenvalue weighted by Crippen LogP contribution is 2.24. The second kappa shape index (κ2) is 6.12. The van der Waals surface area contributed by atoms with Crippen LogP contribution in [-0.4, -0.2) is 11.0 Å². The number of carbonyl (C=O) groups excluding carboxylic acids is 1. The molecule has 0 aliphatic carbocycles. The van der Waals surface area contributed by atoms with Crippen molar-refractivity contribution in [3.63, 3.8) is 0 Å². The summed E-state index contributed by atoms with van der Waals surface area (Å²) in [5.41, 5.74) is 1.22. The first-order valence-corrected chi connectivity index (χ1v) is 7.12. The highest BCUT2D eigenvalue weighted by atomic mass is 79.9. The van der Waals surface area contributed by atoms with E-state index < -0.39 is 0 Å². The number of urea groups is 1. The highest BCUT2D eigenvalue weighted by Gasteiger charge is 2.08. The number of anilines is 1. The number of rotatable bonds is 3. The Hall–Kier alpha value is -1.47. The molecule has 0 fully saturated rings. The summed E-state index contributed by atoms with van der Waals surface area (Å²) in [5, 5.41) is 8.02. The number of hydrogen-bond acceptors (Lipinski definition) is 3. The standard InChI is InChI=1S/C12H11BrFN3OS/c1-7-4-9(14)8(13)5-10(7)17-12(18)16-6-11-15-2-3-19-11/h2-5H,6H2,1H3,(H2,16,17,18). The van der Waals surface area contributed by atoms with Crippen molar-refractivity contribution in [2.45, 2.75) is 13.5 Å². The van der Waals surface area contributed by atoms with Gasteiger partial charge < -0.3 is 10.6 Å². The summed E-state index contributed by atoms with van der Waals surface area (Å²) in [6, 6.07) is 2.55. The van der Waals surface area contributed by atoms with Gasteiger partial charge in [0.15, 0.2) is 0 Å². The Kier molecular flexibility index (Phi) is 4.49. The smallest absolute Gasteiger partial charge is 0.319 e. The molecule has 0 bridgehead atoms. The van der Waals surface area contributed by atoms with Crippen LogP contribution in [0.25, 0.3) is 0 Å². The minimum Gasteiger partial charge on any atom is -0.331 e. The normalized spacial score (nSPS) is 10.3. The van der Waals surface area contributed by atoms with E-state index in [4.69, 9.17) is 0 Å². The van der Waals surface area contributed by atoms with Crippen LogP contribution in [0.3, 0.4) is 0 Å². The molecule has 0 radical (unpaired) electrons. The molecule has 0 saturated heterocycles. The van der Waals surface area contributed by atoms with Gasteiger partial charge in [-0.05, 0) is 40.5 Å². The second-order valence-corrected chi connectivity index (χ2v) is 5.65. The van der Waals surface area contributed by atoms with Gasteiger partial charge in [0.2, 0.25) is 0 Å². The summed E-state index contributed by atoms with van der Waals surface area (Å²) >= 11 is 4.55. The van der Waals surface area contributed by atoms with E-state index in [0.717, 1.165) is 5.01 Å². The summed E-state index contributed by atoms with van der Waals surface area (Å²) < 4.78 is 13.6. The fraction of sp³-hybridized carbons (Fsp3) is 0.167. The molecule has 0 unspecified atom stereocenters. The van der Waals surface area contributed by atoms with Gasteiger partial charge in [-0.3, -0.25) is 0 Å². The number of benzene rings is 1. The fourth-order valence-corrected chi connectivity index (χ4v) is 2.34. The molecule has 0 aliphatic heterocycles. The van der Waals surface area contributed by atoms with Gasteiger partial charge in [-0.2, -0.15) is 0 Å². The van der Waals surface area contributed by atoms with Gasteiger partial charge in [0.25, 0.3) is 0 Å². The summed E-state index contributed by atoms with van der Waals surface area (Å²) in [7, 11) is 0. The summed E-state index contributed by atoms with van der Waals surface area (Å²) in [4.78, 5) is 15.8. The minimum absolute atomic E-state index is 0.313. The lowest BCUT2D eigenvalue weighted by molar-refractivity contribution is 0.251. The van der Waals surface area contributed by atoms with Crippen molar-refractivity contribution in [3.8, 4) is 0 Å². The van der Waals surface area contributed by atoms with Crippen LogP contribution in [0.5, 0.6) is 0 Å². The van der Waals surface area contributed by atoms with Gasteiger partial charge >= 0.3 is 6.03 Å². The summed E-state index contributed by atoms with van der Waals surface area (Å²) in [6.45, 7) is 2.09. The van der Waals surface area contributed by atoms with Crippen molar-refractivity contribution in [3.05, 3.63) is 44.6 Å². The average Bonchev–Trinajstić information content (AvgIpc) is 2.86. The number of nitrogens with zero attached hydrogens (tertiary/aromatic N) is 1. The van der Waals surface area contributed by atoms with Crippen LogP contribution in [0.4, 0.5) is 14.9 Å². The zero-order valence-corrected chi connectivity index (χ0v) is 12.4. The Morgan fingerprint density at radius 1 is 1.53 bits per heavy atom. The number of carbonyl (C=O) groups is 1. The summed E-state index contributed by atoms with van der Waals surface area (Å²) in [5.74, 6) is -0.355. The Morgan fingerprint density at radius 2 is 2.32 bits per heavy atom. The Labute approximate surface area is 122 Å². The Bertz CT molecular complexity index is 589. The van der Waals surface area contributed by atoms with Crippen LogP contribution in [-0.2, 0) is 6.54 Å². The van der Waals surface area contributed by atoms with Crippen molar-refractivity contribution < 1.29 is 9.18 Å². The average molecular weight is 344 g/mol. The van der Waals surface area contributed by atoms with Gasteiger partial charge in [-0.15, -0.1) is 11.3 Å². The molecule has 7 heteroatoms. The van der Waals surface area contributed by atoms with Gasteiger partial charge in [0.05, 0.1) is 11.0 Å². The first kappa shape index (κ1) is 14.0. The van der Waals surface area contributed by atoms with Crippen molar-refractivity contribution in [2.24, 2.45) is 0 Å². The molecule has 2 N–H and O–H groups in total. The van der Waals surface area contributed by atoms with Crippen LogP contribution >= 0.6 is 27.3 Å². The lowest BCUT2D eigenvalue weighted by atomic mass is 10.2. The predicted octanol–water partition coefficient (Wildman–Crippen LogP) is 3.67. The number of hydrogen-bond donors (Lipinski definition) is 2. The SMILES string of the molecule is Cc1cc(F)c(Br)cc1NC(=O)NCc1nccs1. The lowest BCUT2D eigenvalue weighted by Crippen LogP contribution is -2.28. The molecule has 0 spiro atoms. The molecular weight excluding hydrogens is 333 g/mol. The fourth-order valence-electron chi connectivity index (χ4n) is 1.44. The lowest BCUT2D eigenvalue weighted by Gasteiger charge is -2.10. The molecule has 4 nitrogen and oxygen atoms in total. The van der Waals surface area contributed by atoms with E-state index in [9.17, 15) is 9.18 Å². The molecule has 1 aromatic carbocycles. The van der Waals surface area contributed by atoms with E-state index in [-0.39, 0.29) is 11.8 Å². The van der Waals surface area contributed by atoms with Crippen molar-refractivity contribution >= 4 is 39.0 Å². The number of aryl methyl sites for hydroxylation is 1. The first-order chi connectivity index (χ1) is 9.06. The molecule has 2 rings (SSSR count). The first-order valence-electron chi connectivity index (χ1n) is 5.45. The summed E-state index contributed by atoms with van der Waals surface area (Å²) in [6.07, 6.45) is 1.68. The Balaban J connectivity index is 1.97. The third-order valence-electron chi connectivity index (χ3n) is 2.40. The largest absolute Gasteiger partial charge is 0.331 e. The number of halogens is 2. The maximum atomic E-state index is 13.2. The van der Waals surface area contributed by atoms with Crippen LogP contribution in [0.15, 0.2) is 28.2 Å². The molecule has 19 heavy (non-hydrogen) atoms. The topological polar surface area (TPSA) is 54.0 Å². The zero-order valence-electron chi connectivity index (χ0n) is 10.0.